The van der Waals surface area contributed by atoms with E-state index < -0.39 is 11.6 Å². The minimum atomic E-state index is -1.02. The van der Waals surface area contributed by atoms with Crippen molar-refractivity contribution in [2.75, 3.05) is 18.0 Å². The highest BCUT2D eigenvalue weighted by molar-refractivity contribution is 6.04. The number of hydrogen-bond donors (Lipinski definition) is 3. The van der Waals surface area contributed by atoms with E-state index in [0.29, 0.717) is 22.1 Å². The van der Waals surface area contributed by atoms with Crippen molar-refractivity contribution in [3.63, 3.8) is 0 Å². The summed E-state index contributed by atoms with van der Waals surface area (Å²) >= 11 is 0. The van der Waals surface area contributed by atoms with Crippen molar-refractivity contribution in [3.8, 4) is 11.3 Å². The summed E-state index contributed by atoms with van der Waals surface area (Å²) in [6.45, 7) is 11.8. The minimum Gasteiger partial charge on any atom is -0.388 e. The summed E-state index contributed by atoms with van der Waals surface area (Å²) in [4.78, 5) is 27.5. The van der Waals surface area contributed by atoms with Gasteiger partial charge >= 0.3 is 0 Å². The lowest BCUT2D eigenvalue weighted by molar-refractivity contribution is 0.0409. The lowest BCUT2D eigenvalue weighted by atomic mass is 9.93. The molecule has 3 N–H and O–H groups in total. The number of nitrogens with zero attached hydrogens (tertiary/aromatic N) is 3. The molecule has 164 valence electrons. The molecule has 3 heterocycles. The largest absolute Gasteiger partial charge is 0.388 e. The van der Waals surface area contributed by atoms with E-state index in [2.05, 4.69) is 46.2 Å². The zero-order chi connectivity index (χ0) is 22.4. The van der Waals surface area contributed by atoms with Crippen LogP contribution in [-0.4, -0.2) is 50.7 Å². The predicted molar refractivity (Wildman–Crippen MR) is 123 cm³/mol. The maximum Gasteiger partial charge on any atom is 0.255 e. The number of carbonyl (C=O) groups excluding carboxylic acids is 1. The number of rotatable bonds is 5. The van der Waals surface area contributed by atoms with E-state index in [1.165, 1.54) is 12.1 Å². The van der Waals surface area contributed by atoms with Crippen LogP contribution in [0.4, 0.5) is 5.69 Å². The van der Waals surface area contributed by atoms with Gasteiger partial charge in [-0.05, 0) is 44.7 Å². The zero-order valence-corrected chi connectivity index (χ0v) is 18.9. The fourth-order valence-corrected chi connectivity index (χ4v) is 3.85. The summed E-state index contributed by atoms with van der Waals surface area (Å²) in [7, 11) is 0. The van der Waals surface area contributed by atoms with Crippen LogP contribution in [-0.2, 0) is 0 Å². The number of benzene rings is 1. The summed E-state index contributed by atoms with van der Waals surface area (Å²) in [6.07, 6.45) is 4.52. The number of anilines is 1. The first kappa shape index (κ1) is 21.3. The van der Waals surface area contributed by atoms with E-state index in [1.807, 2.05) is 12.1 Å². The van der Waals surface area contributed by atoms with Crippen molar-refractivity contribution >= 4 is 22.8 Å². The van der Waals surface area contributed by atoms with E-state index in [9.17, 15) is 9.90 Å². The predicted octanol–water partition coefficient (Wildman–Crippen LogP) is 3.75. The standard InChI is InChI=1S/C24H31N5O2/c1-15(24(4,5)31)27-22(30)18-12-25-21-20(18)28-19(13-26-21)16-7-6-8-17(11-16)29-10-9-23(2,3)14-29/h6-8,11-13,15,31H,9-10,14H2,1-5H3,(H,25,26)(H,27,30)/t15-/m0/s1. The number of aromatic nitrogens is 3. The Labute approximate surface area is 182 Å². The molecule has 0 radical (unpaired) electrons. The summed E-state index contributed by atoms with van der Waals surface area (Å²) in [5, 5.41) is 13.0. The third-order valence-corrected chi connectivity index (χ3v) is 6.22. The van der Waals surface area contributed by atoms with Crippen molar-refractivity contribution in [2.45, 2.75) is 52.7 Å². The highest BCUT2D eigenvalue weighted by Crippen LogP contribution is 2.34. The van der Waals surface area contributed by atoms with Gasteiger partial charge in [0.05, 0.1) is 29.1 Å². The molecule has 7 nitrogen and oxygen atoms in total. The van der Waals surface area contributed by atoms with Crippen molar-refractivity contribution in [1.29, 1.82) is 0 Å². The lowest BCUT2D eigenvalue weighted by Crippen LogP contribution is -2.47. The van der Waals surface area contributed by atoms with Crippen molar-refractivity contribution in [3.05, 3.63) is 42.2 Å². The Morgan fingerprint density at radius 3 is 2.81 bits per heavy atom. The van der Waals surface area contributed by atoms with Gasteiger partial charge in [0.25, 0.3) is 5.91 Å². The lowest BCUT2D eigenvalue weighted by Gasteiger charge is -2.26. The van der Waals surface area contributed by atoms with Crippen LogP contribution in [0.25, 0.3) is 22.4 Å². The Hall–Kier alpha value is -2.93. The average Bonchev–Trinajstić information content (AvgIpc) is 3.29. The van der Waals surface area contributed by atoms with Gasteiger partial charge < -0.3 is 20.3 Å². The number of nitrogens with one attached hydrogen (secondary N) is 2. The molecular weight excluding hydrogens is 390 g/mol. The highest BCUT2D eigenvalue weighted by atomic mass is 16.3. The van der Waals surface area contributed by atoms with Gasteiger partial charge in [-0.25, -0.2) is 9.97 Å². The topological polar surface area (TPSA) is 94.1 Å². The quantitative estimate of drug-likeness (QED) is 0.583. The summed E-state index contributed by atoms with van der Waals surface area (Å²) in [5.74, 6) is -0.291. The number of carbonyl (C=O) groups is 1. The number of H-pyrrole nitrogens is 1. The van der Waals surface area contributed by atoms with Crippen molar-refractivity contribution in [1.82, 2.24) is 20.3 Å². The highest BCUT2D eigenvalue weighted by Gasteiger charge is 2.29. The number of aliphatic hydroxyl groups is 1. The first-order valence-electron chi connectivity index (χ1n) is 10.8. The average molecular weight is 422 g/mol. The minimum absolute atomic E-state index is 0.291. The van der Waals surface area contributed by atoms with Gasteiger partial charge in [0, 0.05) is 30.5 Å². The molecule has 3 aromatic rings. The van der Waals surface area contributed by atoms with Crippen LogP contribution < -0.4 is 10.2 Å². The molecule has 31 heavy (non-hydrogen) atoms. The zero-order valence-electron chi connectivity index (χ0n) is 18.9. The van der Waals surface area contributed by atoms with Crippen LogP contribution in [0.5, 0.6) is 0 Å². The van der Waals surface area contributed by atoms with Gasteiger partial charge in [-0.2, -0.15) is 0 Å². The van der Waals surface area contributed by atoms with Gasteiger partial charge in [-0.3, -0.25) is 4.79 Å². The number of hydrogen-bond acceptors (Lipinski definition) is 5. The number of aromatic amines is 1. The second-order valence-corrected chi connectivity index (χ2v) is 9.89. The molecule has 1 amide bonds. The van der Waals surface area contributed by atoms with Gasteiger partial charge in [0.15, 0.2) is 5.65 Å². The Morgan fingerprint density at radius 1 is 1.35 bits per heavy atom. The molecule has 7 heteroatoms. The molecule has 1 saturated heterocycles. The van der Waals surface area contributed by atoms with Crippen molar-refractivity contribution < 1.29 is 9.90 Å². The van der Waals surface area contributed by atoms with Crippen LogP contribution in [0, 0.1) is 5.41 Å². The van der Waals surface area contributed by atoms with Crippen LogP contribution in [0.1, 0.15) is 51.4 Å². The molecule has 0 unspecified atom stereocenters. The molecule has 1 aliphatic rings. The maximum absolute atomic E-state index is 12.8. The van der Waals surface area contributed by atoms with E-state index in [1.54, 1.807) is 33.2 Å². The number of amides is 1. The molecule has 0 saturated carbocycles. The van der Waals surface area contributed by atoms with Crippen LogP contribution >= 0.6 is 0 Å². The Balaban J connectivity index is 1.64. The second-order valence-electron chi connectivity index (χ2n) is 9.89. The Kier molecular flexibility index (Phi) is 5.25. The molecular formula is C24H31N5O2. The summed E-state index contributed by atoms with van der Waals surface area (Å²) < 4.78 is 0. The van der Waals surface area contributed by atoms with Crippen LogP contribution in [0.2, 0.25) is 0 Å². The SMILES string of the molecule is C[C@H](NC(=O)c1c[nH]c2ncc(-c3cccc(N4CCC(C)(C)C4)c3)nc12)C(C)(C)O. The second kappa shape index (κ2) is 7.64. The first-order chi connectivity index (χ1) is 14.5. The van der Waals surface area contributed by atoms with E-state index in [4.69, 9.17) is 4.98 Å². The monoisotopic (exact) mass is 421 g/mol. The molecule has 2 aromatic heterocycles. The molecule has 1 fully saturated rings. The fourth-order valence-electron chi connectivity index (χ4n) is 3.85. The smallest absolute Gasteiger partial charge is 0.255 e. The van der Waals surface area contributed by atoms with Crippen molar-refractivity contribution in [2.24, 2.45) is 5.41 Å². The van der Waals surface area contributed by atoms with Gasteiger partial charge in [-0.1, -0.05) is 26.0 Å². The number of fused-ring (bicyclic) bond motifs is 1. The molecule has 0 aliphatic carbocycles. The molecule has 1 atom stereocenters. The van der Waals surface area contributed by atoms with Crippen LogP contribution in [0.15, 0.2) is 36.7 Å². The normalized spacial score (nSPS) is 17.2. The van der Waals surface area contributed by atoms with Gasteiger partial charge in [0.2, 0.25) is 0 Å². The molecule has 4 rings (SSSR count). The van der Waals surface area contributed by atoms with Gasteiger partial charge in [0.1, 0.15) is 5.52 Å². The molecule has 0 bridgehead atoms. The Bertz CT molecular complexity index is 1110. The third-order valence-electron chi connectivity index (χ3n) is 6.22. The molecule has 0 spiro atoms. The molecule has 1 aliphatic heterocycles. The Morgan fingerprint density at radius 2 is 2.13 bits per heavy atom. The summed E-state index contributed by atoms with van der Waals surface area (Å²) in [6, 6.07) is 7.91. The maximum atomic E-state index is 12.8. The van der Waals surface area contributed by atoms with Crippen LogP contribution in [0.3, 0.4) is 0 Å². The summed E-state index contributed by atoms with van der Waals surface area (Å²) in [5.41, 5.74) is 3.65. The van der Waals surface area contributed by atoms with E-state index in [-0.39, 0.29) is 5.91 Å². The van der Waals surface area contributed by atoms with E-state index >= 15 is 0 Å². The fraction of sp³-hybridized carbons (Fsp3) is 0.458. The third kappa shape index (κ3) is 4.42. The molecule has 1 aromatic carbocycles. The first-order valence-corrected chi connectivity index (χ1v) is 10.8. The van der Waals surface area contributed by atoms with E-state index in [0.717, 1.165) is 24.3 Å². The van der Waals surface area contributed by atoms with Gasteiger partial charge in [-0.15, -0.1) is 0 Å².